The molecule has 0 radical (unpaired) electrons. The normalized spacial score (nSPS) is 13.3. The van der Waals surface area contributed by atoms with Crippen molar-refractivity contribution in [2.24, 2.45) is 0 Å². The molecule has 1 heterocycles. The van der Waals surface area contributed by atoms with Crippen LogP contribution in [-0.2, 0) is 6.42 Å². The van der Waals surface area contributed by atoms with E-state index in [4.69, 9.17) is 4.74 Å². The minimum absolute atomic E-state index is 0.867. The van der Waals surface area contributed by atoms with Crippen molar-refractivity contribution >= 4 is 44.7 Å². The van der Waals surface area contributed by atoms with E-state index >= 15 is 0 Å². The summed E-state index contributed by atoms with van der Waals surface area (Å²) in [5.74, 6) is 1.73. The number of hydrogen-bond donors (Lipinski definition) is 0. The molecule has 0 saturated heterocycles. The molecule has 2 nitrogen and oxygen atoms in total. The van der Waals surface area contributed by atoms with Gasteiger partial charge < -0.3 is 9.64 Å². The summed E-state index contributed by atoms with van der Waals surface area (Å²) in [5.41, 5.74) is 12.5. The van der Waals surface area contributed by atoms with Crippen molar-refractivity contribution in [3.63, 3.8) is 0 Å². The predicted molar refractivity (Wildman–Crippen MR) is 189 cm³/mol. The molecule has 0 fully saturated rings. The molecule has 0 N–H and O–H groups in total. The van der Waals surface area contributed by atoms with Gasteiger partial charge in [-0.25, -0.2) is 0 Å². The Labute approximate surface area is 263 Å². The minimum Gasteiger partial charge on any atom is -0.453 e. The highest BCUT2D eigenvalue weighted by Gasteiger charge is 2.25. The Morgan fingerprint density at radius 1 is 0.578 bits per heavy atom. The number of para-hydroxylation sites is 4. The lowest BCUT2D eigenvalue weighted by atomic mass is 9.84. The fourth-order valence-electron chi connectivity index (χ4n) is 7.26. The molecule has 2 aliphatic rings. The zero-order chi connectivity index (χ0) is 29.9. The maximum atomic E-state index is 6.26. The topological polar surface area (TPSA) is 12.5 Å². The molecule has 0 saturated carbocycles. The molecule has 1 aliphatic carbocycles. The van der Waals surface area contributed by atoms with Crippen LogP contribution in [0.15, 0.2) is 140 Å². The first kappa shape index (κ1) is 25.9. The zero-order valence-corrected chi connectivity index (χ0v) is 25.1. The highest BCUT2D eigenvalue weighted by atomic mass is 16.5. The van der Waals surface area contributed by atoms with Gasteiger partial charge in [-0.15, -0.1) is 0 Å². The van der Waals surface area contributed by atoms with Crippen LogP contribution in [0.4, 0.5) is 17.1 Å². The largest absolute Gasteiger partial charge is 0.453 e. The van der Waals surface area contributed by atoms with E-state index in [0.29, 0.717) is 0 Å². The van der Waals surface area contributed by atoms with Crippen molar-refractivity contribution in [3.05, 3.63) is 156 Å². The Kier molecular flexibility index (Phi) is 5.89. The molecule has 0 amide bonds. The average Bonchev–Trinajstić information content (AvgIpc) is 3.10. The third kappa shape index (κ3) is 4.17. The molecule has 7 aromatic carbocycles. The summed E-state index contributed by atoms with van der Waals surface area (Å²) in [7, 11) is 0. The van der Waals surface area contributed by atoms with Crippen LogP contribution in [0.1, 0.15) is 23.1 Å². The molecule has 0 aromatic heterocycles. The summed E-state index contributed by atoms with van der Waals surface area (Å²) >= 11 is 0. The molecule has 0 atom stereocenters. The lowest BCUT2D eigenvalue weighted by Crippen LogP contribution is -2.15. The van der Waals surface area contributed by atoms with Gasteiger partial charge in [0.2, 0.25) is 0 Å². The van der Waals surface area contributed by atoms with Crippen molar-refractivity contribution in [2.45, 2.75) is 19.8 Å². The molecule has 7 aromatic rings. The van der Waals surface area contributed by atoms with Gasteiger partial charge in [0, 0.05) is 5.69 Å². The molecule has 0 bridgehead atoms. The Bertz CT molecular complexity index is 2270. The Morgan fingerprint density at radius 3 is 2.09 bits per heavy atom. The monoisotopic (exact) mass is 577 g/mol. The van der Waals surface area contributed by atoms with Crippen LogP contribution in [0.25, 0.3) is 49.9 Å². The molecule has 0 unspecified atom stereocenters. The second-order valence-corrected chi connectivity index (χ2v) is 12.1. The standard InChI is InChI=1S/C43H31NO/c1-28-34-21-19-32-25-33(44-40-15-7-9-17-42(40)45-43-18-10-8-16-41(43)44)20-22-36(32)37(34)24-23-35(28)39-27-31-14-6-5-13-30(31)26-38(39)29-11-3-2-4-12-29/h2-5,7-13,15-27H,6,14H2,1H3. The van der Waals surface area contributed by atoms with Gasteiger partial charge in [-0.05, 0) is 129 Å². The average molecular weight is 578 g/mol. The van der Waals surface area contributed by atoms with E-state index in [2.05, 4.69) is 133 Å². The van der Waals surface area contributed by atoms with Crippen LogP contribution in [0.2, 0.25) is 0 Å². The van der Waals surface area contributed by atoms with E-state index < -0.39 is 0 Å². The van der Waals surface area contributed by atoms with Crippen molar-refractivity contribution < 1.29 is 4.74 Å². The lowest BCUT2D eigenvalue weighted by Gasteiger charge is -2.33. The van der Waals surface area contributed by atoms with Crippen molar-refractivity contribution in [1.29, 1.82) is 0 Å². The predicted octanol–water partition coefficient (Wildman–Crippen LogP) is 12.2. The Morgan fingerprint density at radius 2 is 1.29 bits per heavy atom. The highest BCUT2D eigenvalue weighted by molar-refractivity contribution is 6.11. The first-order valence-electron chi connectivity index (χ1n) is 15.7. The number of aryl methyl sites for hydroxylation is 2. The molecule has 2 heteroatoms. The van der Waals surface area contributed by atoms with Crippen LogP contribution < -0.4 is 9.64 Å². The molecule has 45 heavy (non-hydrogen) atoms. The van der Waals surface area contributed by atoms with E-state index in [1.165, 1.54) is 60.5 Å². The van der Waals surface area contributed by atoms with E-state index in [0.717, 1.165) is 41.4 Å². The number of rotatable bonds is 3. The number of anilines is 3. The van der Waals surface area contributed by atoms with Gasteiger partial charge >= 0.3 is 0 Å². The van der Waals surface area contributed by atoms with Crippen LogP contribution in [0.5, 0.6) is 11.5 Å². The Hall–Kier alpha value is -5.60. The quantitative estimate of drug-likeness (QED) is 0.194. The van der Waals surface area contributed by atoms with Crippen LogP contribution >= 0.6 is 0 Å². The van der Waals surface area contributed by atoms with Gasteiger partial charge in [-0.3, -0.25) is 0 Å². The van der Waals surface area contributed by atoms with Gasteiger partial charge in [0.25, 0.3) is 0 Å². The summed E-state index contributed by atoms with van der Waals surface area (Å²) in [6, 6.07) is 48.3. The molecular formula is C43H31NO. The summed E-state index contributed by atoms with van der Waals surface area (Å²) < 4.78 is 6.26. The second kappa shape index (κ2) is 10.2. The first-order chi connectivity index (χ1) is 22.2. The van der Waals surface area contributed by atoms with Gasteiger partial charge in [0.05, 0.1) is 11.4 Å². The van der Waals surface area contributed by atoms with Gasteiger partial charge in [-0.1, -0.05) is 97.1 Å². The summed E-state index contributed by atoms with van der Waals surface area (Å²) in [4.78, 5) is 2.31. The van der Waals surface area contributed by atoms with E-state index in [-0.39, 0.29) is 0 Å². The molecule has 1 aliphatic heterocycles. The maximum absolute atomic E-state index is 6.26. The molecular weight excluding hydrogens is 546 g/mol. The third-order valence-corrected chi connectivity index (χ3v) is 9.49. The highest BCUT2D eigenvalue weighted by Crippen LogP contribution is 2.50. The number of ether oxygens (including phenoxy) is 1. The summed E-state index contributed by atoms with van der Waals surface area (Å²) in [6.07, 6.45) is 6.77. The van der Waals surface area contributed by atoms with Crippen molar-refractivity contribution in [3.8, 4) is 33.8 Å². The number of allylic oxidation sites excluding steroid dienone is 1. The summed E-state index contributed by atoms with van der Waals surface area (Å²) in [5, 5.41) is 5.07. The van der Waals surface area contributed by atoms with Crippen molar-refractivity contribution in [2.75, 3.05) is 4.90 Å². The van der Waals surface area contributed by atoms with Gasteiger partial charge in [0.15, 0.2) is 11.5 Å². The van der Waals surface area contributed by atoms with Gasteiger partial charge in [-0.2, -0.15) is 0 Å². The van der Waals surface area contributed by atoms with E-state index in [1.54, 1.807) is 0 Å². The van der Waals surface area contributed by atoms with Gasteiger partial charge in [0.1, 0.15) is 0 Å². The molecule has 214 valence electrons. The maximum Gasteiger partial charge on any atom is 0.151 e. The van der Waals surface area contributed by atoms with Crippen LogP contribution in [0.3, 0.4) is 0 Å². The summed E-state index contributed by atoms with van der Waals surface area (Å²) in [6.45, 7) is 2.29. The zero-order valence-electron chi connectivity index (χ0n) is 25.1. The third-order valence-electron chi connectivity index (χ3n) is 9.49. The van der Waals surface area contributed by atoms with Crippen LogP contribution in [0, 0.1) is 6.92 Å². The van der Waals surface area contributed by atoms with E-state index in [1.807, 2.05) is 24.3 Å². The molecule has 9 rings (SSSR count). The Balaban J connectivity index is 1.19. The van der Waals surface area contributed by atoms with Crippen LogP contribution in [-0.4, -0.2) is 0 Å². The fourth-order valence-corrected chi connectivity index (χ4v) is 7.26. The SMILES string of the molecule is Cc1c(-c2cc3c(cc2-c2ccccc2)C=CCC3)ccc2c1ccc1cc(N3c4ccccc4Oc4ccccc43)ccc12. The number of hydrogen-bond acceptors (Lipinski definition) is 2. The smallest absolute Gasteiger partial charge is 0.151 e. The number of fused-ring (bicyclic) bond motifs is 6. The second-order valence-electron chi connectivity index (χ2n) is 12.1. The van der Waals surface area contributed by atoms with E-state index in [9.17, 15) is 0 Å². The molecule has 0 spiro atoms. The van der Waals surface area contributed by atoms with Crippen molar-refractivity contribution in [1.82, 2.24) is 0 Å². The number of nitrogens with zero attached hydrogens (tertiary/aromatic N) is 1. The minimum atomic E-state index is 0.867. The fraction of sp³-hybridized carbons (Fsp3) is 0.0698. The lowest BCUT2D eigenvalue weighted by molar-refractivity contribution is 0.477. The number of benzene rings is 7. The first-order valence-corrected chi connectivity index (χ1v) is 15.7.